The minimum Gasteiger partial charge on any atom is -0.293 e. The molecule has 0 N–H and O–H groups in total. The highest BCUT2D eigenvalue weighted by Crippen LogP contribution is 2.14. The van der Waals surface area contributed by atoms with Gasteiger partial charge in [0, 0.05) is 31.2 Å². The van der Waals surface area contributed by atoms with Crippen LogP contribution in [0.5, 0.6) is 0 Å². The van der Waals surface area contributed by atoms with Crippen LogP contribution in [0, 0.1) is 0 Å². The lowest BCUT2D eigenvalue weighted by atomic mass is 10.3. The number of hydrogen-bond acceptors (Lipinski definition) is 4. The van der Waals surface area contributed by atoms with Crippen LogP contribution < -0.4 is 5.56 Å². The summed E-state index contributed by atoms with van der Waals surface area (Å²) in [4.78, 5) is 22.2. The van der Waals surface area contributed by atoms with Gasteiger partial charge in [-0.3, -0.25) is 18.7 Å². The van der Waals surface area contributed by atoms with Crippen molar-refractivity contribution in [2.45, 2.75) is 19.6 Å². The quantitative estimate of drug-likeness (QED) is 0.721. The zero-order valence-electron chi connectivity index (χ0n) is 12.4. The number of alkyl halides is 2. The van der Waals surface area contributed by atoms with Crippen molar-refractivity contribution < 1.29 is 8.78 Å². The van der Waals surface area contributed by atoms with Crippen LogP contribution in [0.15, 0.2) is 47.7 Å². The number of aromatic nitrogens is 4. The van der Waals surface area contributed by atoms with Gasteiger partial charge in [0.1, 0.15) is 11.5 Å². The molecule has 0 aliphatic carbocycles. The fraction of sp³-hybridized carbons (Fsp3) is 0.267. The van der Waals surface area contributed by atoms with E-state index in [4.69, 9.17) is 0 Å². The smallest absolute Gasteiger partial charge is 0.293 e. The Morgan fingerprint density at radius 2 is 2.09 bits per heavy atom. The van der Waals surface area contributed by atoms with Crippen LogP contribution in [0.3, 0.4) is 0 Å². The number of rotatable bonds is 5. The van der Waals surface area contributed by atoms with E-state index in [9.17, 15) is 13.6 Å². The SMILES string of the molecule is CN(Cc1cc(=O)n2ccccc2n1)Cc1nccn1C(F)F. The summed E-state index contributed by atoms with van der Waals surface area (Å²) in [6.07, 6.45) is 4.24. The van der Waals surface area contributed by atoms with Crippen molar-refractivity contribution in [3.8, 4) is 0 Å². The van der Waals surface area contributed by atoms with Crippen molar-refractivity contribution in [1.29, 1.82) is 0 Å². The summed E-state index contributed by atoms with van der Waals surface area (Å²) in [5.41, 5.74) is 0.962. The summed E-state index contributed by atoms with van der Waals surface area (Å²) in [7, 11) is 1.76. The molecular formula is C15H15F2N5O. The minimum atomic E-state index is -2.62. The second kappa shape index (κ2) is 6.25. The fourth-order valence-corrected chi connectivity index (χ4v) is 2.40. The van der Waals surface area contributed by atoms with Crippen molar-refractivity contribution in [2.24, 2.45) is 0 Å². The van der Waals surface area contributed by atoms with E-state index in [1.54, 1.807) is 36.3 Å². The maximum Gasteiger partial charge on any atom is 0.319 e. The molecular weight excluding hydrogens is 304 g/mol. The molecule has 6 nitrogen and oxygen atoms in total. The Balaban J connectivity index is 1.79. The first-order valence-corrected chi connectivity index (χ1v) is 7.00. The van der Waals surface area contributed by atoms with Crippen molar-refractivity contribution in [3.05, 3.63) is 64.7 Å². The Bertz CT molecular complexity index is 873. The fourth-order valence-electron chi connectivity index (χ4n) is 2.40. The molecule has 0 amide bonds. The molecule has 120 valence electrons. The average molecular weight is 319 g/mol. The van der Waals surface area contributed by atoms with E-state index in [-0.39, 0.29) is 17.9 Å². The highest BCUT2D eigenvalue weighted by molar-refractivity contribution is 5.37. The van der Waals surface area contributed by atoms with Crippen LogP contribution in [0.25, 0.3) is 5.65 Å². The predicted molar refractivity (Wildman–Crippen MR) is 80.1 cm³/mol. The van der Waals surface area contributed by atoms with Crippen LogP contribution in [0.4, 0.5) is 8.78 Å². The highest BCUT2D eigenvalue weighted by atomic mass is 19.3. The average Bonchev–Trinajstić information content (AvgIpc) is 2.95. The largest absolute Gasteiger partial charge is 0.319 e. The molecule has 23 heavy (non-hydrogen) atoms. The normalized spacial score (nSPS) is 11.7. The van der Waals surface area contributed by atoms with Crippen LogP contribution in [0.1, 0.15) is 18.1 Å². The molecule has 0 spiro atoms. The third kappa shape index (κ3) is 3.26. The van der Waals surface area contributed by atoms with Gasteiger partial charge in [-0.25, -0.2) is 9.97 Å². The van der Waals surface area contributed by atoms with Gasteiger partial charge in [0.25, 0.3) is 5.56 Å². The molecule has 0 saturated heterocycles. The van der Waals surface area contributed by atoms with E-state index in [2.05, 4.69) is 9.97 Å². The minimum absolute atomic E-state index is 0.173. The molecule has 0 bridgehead atoms. The molecule has 3 aromatic rings. The number of pyridine rings is 1. The maximum atomic E-state index is 12.8. The second-order valence-corrected chi connectivity index (χ2v) is 5.22. The van der Waals surface area contributed by atoms with Crippen molar-refractivity contribution in [2.75, 3.05) is 7.05 Å². The van der Waals surface area contributed by atoms with Gasteiger partial charge < -0.3 is 0 Å². The second-order valence-electron chi connectivity index (χ2n) is 5.22. The molecule has 3 heterocycles. The van der Waals surface area contributed by atoms with E-state index in [0.29, 0.717) is 17.9 Å². The third-order valence-corrected chi connectivity index (χ3v) is 3.43. The van der Waals surface area contributed by atoms with Gasteiger partial charge in [0.15, 0.2) is 0 Å². The summed E-state index contributed by atoms with van der Waals surface area (Å²) in [5.74, 6) is 0.264. The van der Waals surface area contributed by atoms with Crippen LogP contribution in [0.2, 0.25) is 0 Å². The topological polar surface area (TPSA) is 55.4 Å². The van der Waals surface area contributed by atoms with E-state index in [1.807, 2.05) is 0 Å². The molecule has 0 aromatic carbocycles. The lowest BCUT2D eigenvalue weighted by Crippen LogP contribution is -2.23. The summed E-state index contributed by atoms with van der Waals surface area (Å²) in [6, 6.07) is 6.75. The summed E-state index contributed by atoms with van der Waals surface area (Å²) in [5, 5.41) is 0. The van der Waals surface area contributed by atoms with Crippen LogP contribution in [-0.2, 0) is 13.1 Å². The van der Waals surface area contributed by atoms with Crippen molar-refractivity contribution >= 4 is 5.65 Å². The van der Waals surface area contributed by atoms with Gasteiger partial charge in [-0.15, -0.1) is 0 Å². The molecule has 0 radical (unpaired) electrons. The van der Waals surface area contributed by atoms with Gasteiger partial charge in [0.2, 0.25) is 0 Å². The Kier molecular flexibility index (Phi) is 4.16. The van der Waals surface area contributed by atoms with E-state index < -0.39 is 6.55 Å². The standard InChI is InChI=1S/C15H15F2N5O/c1-20(10-13-18-5-7-22(13)15(16)17)9-11-8-14(23)21-6-3-2-4-12(21)19-11/h2-8,15H,9-10H2,1H3. The number of fused-ring (bicyclic) bond motifs is 1. The molecule has 0 aliphatic rings. The van der Waals surface area contributed by atoms with Crippen molar-refractivity contribution in [3.63, 3.8) is 0 Å². The van der Waals surface area contributed by atoms with E-state index in [1.165, 1.54) is 22.9 Å². The van der Waals surface area contributed by atoms with Crippen molar-refractivity contribution in [1.82, 2.24) is 23.8 Å². The molecule has 0 atom stereocenters. The number of nitrogens with zero attached hydrogens (tertiary/aromatic N) is 5. The summed E-state index contributed by atoms with van der Waals surface area (Å²) < 4.78 is 27.9. The van der Waals surface area contributed by atoms with Gasteiger partial charge in [-0.05, 0) is 19.2 Å². The highest BCUT2D eigenvalue weighted by Gasteiger charge is 2.14. The zero-order valence-corrected chi connectivity index (χ0v) is 12.4. The lowest BCUT2D eigenvalue weighted by molar-refractivity contribution is 0.0644. The van der Waals surface area contributed by atoms with Gasteiger partial charge >= 0.3 is 6.55 Å². The Morgan fingerprint density at radius 3 is 2.87 bits per heavy atom. The Labute approximate surface area is 130 Å². The maximum absolute atomic E-state index is 12.8. The van der Waals surface area contributed by atoms with Crippen LogP contribution >= 0.6 is 0 Å². The first kappa shape index (κ1) is 15.3. The van der Waals surface area contributed by atoms with E-state index >= 15 is 0 Å². The molecule has 0 fully saturated rings. The number of hydrogen-bond donors (Lipinski definition) is 0. The Hall–Kier alpha value is -2.61. The first-order valence-electron chi connectivity index (χ1n) is 7.00. The van der Waals surface area contributed by atoms with Gasteiger partial charge in [0.05, 0.1) is 12.2 Å². The lowest BCUT2D eigenvalue weighted by Gasteiger charge is -2.16. The number of imidazole rings is 1. The zero-order chi connectivity index (χ0) is 16.4. The molecule has 3 rings (SSSR count). The Morgan fingerprint density at radius 1 is 1.26 bits per heavy atom. The number of halogens is 2. The van der Waals surface area contributed by atoms with Gasteiger partial charge in [-0.1, -0.05) is 6.07 Å². The summed E-state index contributed by atoms with van der Waals surface area (Å²) >= 11 is 0. The van der Waals surface area contributed by atoms with E-state index in [0.717, 1.165) is 4.57 Å². The third-order valence-electron chi connectivity index (χ3n) is 3.43. The molecule has 0 saturated carbocycles. The van der Waals surface area contributed by atoms with Gasteiger partial charge in [-0.2, -0.15) is 8.78 Å². The monoisotopic (exact) mass is 319 g/mol. The molecule has 3 aromatic heterocycles. The summed E-state index contributed by atoms with van der Waals surface area (Å²) in [6.45, 7) is -2.03. The van der Waals surface area contributed by atoms with Crippen LogP contribution in [-0.4, -0.2) is 30.9 Å². The predicted octanol–water partition coefficient (Wildman–Crippen LogP) is 1.92. The molecule has 0 unspecified atom stereocenters. The molecule has 8 heteroatoms. The first-order chi connectivity index (χ1) is 11.0. The molecule has 0 aliphatic heterocycles.